The van der Waals surface area contributed by atoms with Crippen molar-refractivity contribution in [2.75, 3.05) is 18.6 Å². The summed E-state index contributed by atoms with van der Waals surface area (Å²) in [7, 11) is 0. The summed E-state index contributed by atoms with van der Waals surface area (Å²) in [5.74, 6) is 0.286. The number of para-hydroxylation sites is 1. The van der Waals surface area contributed by atoms with Crippen molar-refractivity contribution in [2.45, 2.75) is 120 Å². The topological polar surface area (TPSA) is 121 Å². The van der Waals surface area contributed by atoms with E-state index in [4.69, 9.17) is 27.9 Å². The summed E-state index contributed by atoms with van der Waals surface area (Å²) in [5.41, 5.74) is 15.1. The highest BCUT2D eigenvalue weighted by Crippen LogP contribution is 2.51. The molecule has 0 unspecified atom stereocenters. The molecule has 2 aliphatic carbocycles. The van der Waals surface area contributed by atoms with Crippen molar-refractivity contribution in [3.8, 4) is 0 Å². The number of Topliss-reactive ketones (excluding diaryl/α,β-unsaturated/α-hetero) is 2. The Hall–Kier alpha value is -9.24. The maximum atomic E-state index is 12.8. The van der Waals surface area contributed by atoms with Crippen LogP contribution in [0.2, 0.25) is 0 Å². The van der Waals surface area contributed by atoms with E-state index in [2.05, 4.69) is 173 Å². The largest absolute Gasteiger partial charge is 0.382 e. The third-order valence-corrected chi connectivity index (χ3v) is 28.8. The van der Waals surface area contributed by atoms with Crippen LogP contribution in [-0.2, 0) is 4.74 Å². The van der Waals surface area contributed by atoms with Gasteiger partial charge in [0.1, 0.15) is 12.6 Å². The summed E-state index contributed by atoms with van der Waals surface area (Å²) in [6, 6.07) is 75.1. The Labute approximate surface area is 726 Å². The first-order chi connectivity index (χ1) is 56.9. The summed E-state index contributed by atoms with van der Waals surface area (Å²) in [6.45, 7) is 20.8. The molecule has 0 fully saturated rings. The van der Waals surface area contributed by atoms with Gasteiger partial charge in [0.25, 0.3) is 5.69 Å². The number of carbonyl (C=O) groups is 4. The molecule has 8 aromatic heterocycles. The van der Waals surface area contributed by atoms with Crippen LogP contribution < -0.4 is 0 Å². The van der Waals surface area contributed by atoms with Crippen LogP contribution in [0, 0.1) is 58.6 Å². The lowest BCUT2D eigenvalue weighted by molar-refractivity contribution is -0.384. The molecule has 8 nitrogen and oxygen atoms in total. The fourth-order valence-electron chi connectivity index (χ4n) is 15.5. The molecule has 0 bridgehead atoms. The first kappa shape index (κ1) is 87.1. The number of carbonyl (C=O) groups excluding carboxylic acids is 4. The number of aldehydes is 2. The van der Waals surface area contributed by atoms with Crippen molar-refractivity contribution in [3.63, 3.8) is 0 Å². The molecule has 0 amide bonds. The molecule has 0 aliphatic heterocycles. The minimum absolute atomic E-state index is 0.137. The Kier molecular flexibility index (Phi) is 31.2. The molecule has 19 rings (SSSR count). The standard InChI is InChI=1S/C25H20O2S2.C23H20O2S2.C23H20S2.C9H8S.C8H6S.C6H5NO2.C4H10O.CH2Cl2/c1-14-24(20-8-6-16(12-26)10-22(20)28-14)18-4-3-5-19(18)25-15(2)29-23-11-17(13-27)7-9-21(23)25;1-14-22(16-8-3-5-12-20(16)26-14)18(24)10-7-11-19(25)23-15(2)27-21-13-6-4-9-17(21)23;1-14-22(18-8-3-5-12-20(18)24-14)16-10-7-11-17(16)23-15(2)25-21-13-6-4-9-19(21)23;1-7-6-8-4-2-3-5-9(8)10-7;1-2-4-8-7(3-1)5-6-9-8;8-7(9)6-4-2-1-3-5-6;1-3-5-4-2;2-1-3/h6-13H,3-5H2,1-2H3;3-6,8-9,12-13H,7,10-11H2,1-2H3;3-6,8-9,12-13H,7,10-11H2,1-2H3;2-6H,1H3;1-6H;1-5H;3-4H2,1-2H3;1H2. The number of benzene rings is 9. The van der Waals surface area contributed by atoms with Crippen LogP contribution in [0.1, 0.15) is 169 Å². The quantitative estimate of drug-likeness (QED) is 0.0329. The van der Waals surface area contributed by atoms with E-state index < -0.39 is 4.92 Å². The molecule has 2 aliphatic rings. The van der Waals surface area contributed by atoms with Gasteiger partial charge in [-0.2, -0.15) is 0 Å². The van der Waals surface area contributed by atoms with Gasteiger partial charge in [-0.05, 0) is 229 Å². The molecule has 0 atom stereocenters. The number of nitro groups is 1. The van der Waals surface area contributed by atoms with Gasteiger partial charge in [-0.25, -0.2) is 0 Å². The van der Waals surface area contributed by atoms with Gasteiger partial charge >= 0.3 is 0 Å². The van der Waals surface area contributed by atoms with Crippen molar-refractivity contribution < 1.29 is 28.8 Å². The molecule has 596 valence electrons. The van der Waals surface area contributed by atoms with E-state index in [-0.39, 0.29) is 22.6 Å². The predicted octanol–water partition coefficient (Wildman–Crippen LogP) is 32.4. The highest BCUT2D eigenvalue weighted by molar-refractivity contribution is 7.21. The summed E-state index contributed by atoms with van der Waals surface area (Å²) in [5, 5.41) is 22.5. The van der Waals surface area contributed by atoms with Crippen LogP contribution in [0.5, 0.6) is 0 Å². The lowest BCUT2D eigenvalue weighted by Gasteiger charge is -2.10. The number of ether oxygens (including phenoxy) is 1. The maximum absolute atomic E-state index is 12.8. The lowest BCUT2D eigenvalue weighted by atomic mass is 9.93. The third-order valence-electron chi connectivity index (χ3n) is 20.4. The van der Waals surface area contributed by atoms with Crippen LogP contribution in [0.3, 0.4) is 0 Å². The number of nitrogens with zero attached hydrogens (tertiary/aromatic N) is 1. The van der Waals surface area contributed by atoms with Crippen LogP contribution in [0.4, 0.5) is 5.69 Å². The number of allylic oxidation sites excluding steroid dienone is 4. The molecule has 17 aromatic rings. The predicted molar refractivity (Wildman–Crippen MR) is 514 cm³/mol. The summed E-state index contributed by atoms with van der Waals surface area (Å²) >= 11 is 23.9. The molecule has 117 heavy (non-hydrogen) atoms. The monoisotopic (exact) mass is 1730 g/mol. The minimum atomic E-state index is -0.417. The van der Waals surface area contributed by atoms with Gasteiger partial charge in [0.05, 0.1) is 10.3 Å². The van der Waals surface area contributed by atoms with Crippen molar-refractivity contribution in [1.29, 1.82) is 0 Å². The number of non-ortho nitro benzene ring substituents is 1. The maximum Gasteiger partial charge on any atom is 0.269 e. The van der Waals surface area contributed by atoms with Crippen molar-refractivity contribution in [2.24, 2.45) is 0 Å². The van der Waals surface area contributed by atoms with Gasteiger partial charge < -0.3 is 4.74 Å². The molecule has 0 saturated carbocycles. The highest BCUT2D eigenvalue weighted by atomic mass is 35.5. The number of nitro benzene ring substituents is 1. The lowest BCUT2D eigenvalue weighted by Crippen LogP contribution is -2.04. The molecule has 0 spiro atoms. The van der Waals surface area contributed by atoms with E-state index in [0.29, 0.717) is 19.3 Å². The van der Waals surface area contributed by atoms with Crippen molar-refractivity contribution in [1.82, 2.24) is 0 Å². The van der Waals surface area contributed by atoms with Gasteiger partial charge in [0, 0.05) is 164 Å². The van der Waals surface area contributed by atoms with E-state index in [1.54, 1.807) is 86.0 Å². The normalized spacial score (nSPS) is 12.2. The molecule has 8 heterocycles. The van der Waals surface area contributed by atoms with Crippen LogP contribution in [0.15, 0.2) is 230 Å². The zero-order chi connectivity index (χ0) is 82.7. The van der Waals surface area contributed by atoms with E-state index >= 15 is 0 Å². The number of aryl methyl sites for hydroxylation is 7. The number of hydrogen-bond donors (Lipinski definition) is 0. The highest BCUT2D eigenvalue weighted by Gasteiger charge is 2.28. The Morgan fingerprint density at radius 1 is 0.393 bits per heavy atom. The van der Waals surface area contributed by atoms with Crippen LogP contribution in [0.25, 0.3) is 103 Å². The Morgan fingerprint density at radius 2 is 0.735 bits per heavy atom. The number of hydrogen-bond acceptors (Lipinski definition) is 15. The Bertz CT molecular complexity index is 6080. The second-order valence-corrected chi connectivity index (χ2v) is 38.7. The van der Waals surface area contributed by atoms with E-state index in [0.717, 1.165) is 97.2 Å². The Balaban J connectivity index is 0.000000133. The van der Waals surface area contributed by atoms with Crippen LogP contribution >= 0.6 is 114 Å². The first-order valence-electron chi connectivity index (χ1n) is 39.0. The SMILES string of the molecule is CCOCC.Cc1cc2ccccc2s1.Cc1sc2cc(C=O)ccc2c1C1=C(c2c(C)sc3cc(C=O)ccc23)CCC1.Cc1sc2ccccc2c1C(=O)CCCC(=O)c1c(C)sc2ccccc12.Cc1sc2ccccc2c1C1=C(c2c(C)sc3ccccc23)CCC1.ClCCl.O=[N+]([O-])c1ccccc1.c1ccc2sccc2c1. The summed E-state index contributed by atoms with van der Waals surface area (Å²) in [6.07, 6.45) is 10.3. The molecule has 0 radical (unpaired) electrons. The summed E-state index contributed by atoms with van der Waals surface area (Å²) in [4.78, 5) is 66.6. The Morgan fingerprint density at radius 3 is 1.11 bits per heavy atom. The molecular weight excluding hydrogens is 1640 g/mol. The number of halogens is 2. The third kappa shape index (κ3) is 20.9. The minimum Gasteiger partial charge on any atom is -0.382 e. The van der Waals surface area contributed by atoms with Crippen LogP contribution in [-0.4, -0.2) is 47.6 Å². The number of alkyl halides is 2. The number of rotatable bonds is 15. The van der Waals surface area contributed by atoms with Gasteiger partial charge in [-0.3, -0.25) is 29.3 Å². The molecular formula is C99H91Cl2NO7S8. The van der Waals surface area contributed by atoms with Gasteiger partial charge in [0.15, 0.2) is 11.6 Å². The van der Waals surface area contributed by atoms with Gasteiger partial charge in [-0.1, -0.05) is 152 Å². The molecule has 0 N–H and O–H groups in total. The molecule has 9 aromatic carbocycles. The smallest absolute Gasteiger partial charge is 0.269 e. The summed E-state index contributed by atoms with van der Waals surface area (Å²) < 4.78 is 15.1. The van der Waals surface area contributed by atoms with Gasteiger partial charge in [0.2, 0.25) is 0 Å². The zero-order valence-corrected chi connectivity index (χ0v) is 74.9. The number of ketones is 2. The van der Waals surface area contributed by atoms with E-state index in [1.807, 2.05) is 122 Å². The average Bonchev–Trinajstić information content (AvgIpc) is 1.60. The number of fused-ring (bicyclic) bond motifs is 8. The van der Waals surface area contributed by atoms with Crippen molar-refractivity contribution >= 4 is 247 Å². The first-order valence-corrected chi connectivity index (χ1v) is 46.7. The van der Waals surface area contributed by atoms with E-state index in [1.165, 1.54) is 150 Å². The second kappa shape index (κ2) is 41.9. The molecule has 0 saturated heterocycles. The fraction of sp³-hybridized carbons (Fsp3) is 0.212. The fourth-order valence-corrected chi connectivity index (χ4v) is 23.9. The number of thiophene rings is 8. The van der Waals surface area contributed by atoms with Crippen molar-refractivity contribution in [3.05, 3.63) is 319 Å². The van der Waals surface area contributed by atoms with Gasteiger partial charge in [-0.15, -0.1) is 114 Å². The second-order valence-electron chi connectivity index (χ2n) is 28.1. The molecule has 18 heteroatoms. The zero-order valence-electron chi connectivity index (χ0n) is 66.9. The van der Waals surface area contributed by atoms with E-state index in [9.17, 15) is 29.3 Å². The average molecular weight is 1730 g/mol.